The van der Waals surface area contributed by atoms with Gasteiger partial charge in [-0.1, -0.05) is 6.92 Å². The first-order valence-corrected chi connectivity index (χ1v) is 5.23. The molecule has 0 fully saturated rings. The first-order valence-electron chi connectivity index (χ1n) is 5.23. The zero-order valence-electron chi connectivity index (χ0n) is 9.98. The second-order valence-electron chi connectivity index (χ2n) is 3.57. The van der Waals surface area contributed by atoms with Gasteiger partial charge in [0, 0.05) is 12.5 Å². The number of carbonyl (C=O) groups excluding carboxylic acids is 2. The van der Waals surface area contributed by atoms with Gasteiger partial charge in [-0.15, -0.1) is 0 Å². The van der Waals surface area contributed by atoms with Crippen LogP contribution in [-0.4, -0.2) is 12.2 Å². The Kier molecular flexibility index (Phi) is 4.26. The smallest absolute Gasteiger partial charge is 0.402 e. The third-order valence-corrected chi connectivity index (χ3v) is 2.34. The molecule has 4 N–H and O–H groups in total. The lowest BCUT2D eigenvalue weighted by molar-refractivity contribution is -0.170. The first-order chi connectivity index (χ1) is 8.80. The van der Waals surface area contributed by atoms with E-state index in [0.717, 1.165) is 12.1 Å². The summed E-state index contributed by atoms with van der Waals surface area (Å²) in [6.07, 6.45) is -2.76. The maximum atomic E-state index is 13.7. The normalized spacial score (nSPS) is 10.9. The van der Waals surface area contributed by atoms with Gasteiger partial charge in [-0.3, -0.25) is 0 Å². The van der Waals surface area contributed by atoms with Crippen molar-refractivity contribution in [3.8, 4) is 0 Å². The standard InChI is InChI=1S/C11H12F2N2O4/c1-2-11(18-9(14)16,19-10(15)17)7-4-3-6(12)5-8(7)13/h3-5H,2H2,1H3,(H2,14,16)(H2,15,17). The monoisotopic (exact) mass is 274 g/mol. The van der Waals surface area contributed by atoms with E-state index in [4.69, 9.17) is 11.5 Å². The van der Waals surface area contributed by atoms with Gasteiger partial charge in [0.05, 0.1) is 5.56 Å². The van der Waals surface area contributed by atoms with Gasteiger partial charge < -0.3 is 20.9 Å². The molecule has 19 heavy (non-hydrogen) atoms. The minimum Gasteiger partial charge on any atom is -0.402 e. The van der Waals surface area contributed by atoms with Crippen LogP contribution in [0, 0.1) is 11.6 Å². The van der Waals surface area contributed by atoms with Crippen LogP contribution in [0.4, 0.5) is 18.4 Å². The highest BCUT2D eigenvalue weighted by atomic mass is 19.1. The second-order valence-corrected chi connectivity index (χ2v) is 3.57. The summed E-state index contributed by atoms with van der Waals surface area (Å²) in [6, 6.07) is 2.44. The Morgan fingerprint density at radius 1 is 1.21 bits per heavy atom. The van der Waals surface area contributed by atoms with Gasteiger partial charge in [-0.2, -0.15) is 0 Å². The molecule has 0 spiro atoms. The van der Waals surface area contributed by atoms with E-state index in [0.29, 0.717) is 6.07 Å². The van der Waals surface area contributed by atoms with Crippen molar-refractivity contribution in [3.05, 3.63) is 35.4 Å². The molecule has 0 aliphatic carbocycles. The summed E-state index contributed by atoms with van der Waals surface area (Å²) >= 11 is 0. The molecule has 0 aliphatic rings. The van der Waals surface area contributed by atoms with Gasteiger partial charge in [-0.25, -0.2) is 18.4 Å². The fraction of sp³-hybridized carbons (Fsp3) is 0.273. The average Bonchev–Trinajstić information content (AvgIpc) is 2.26. The summed E-state index contributed by atoms with van der Waals surface area (Å²) in [5.41, 5.74) is 9.35. The average molecular weight is 274 g/mol. The van der Waals surface area contributed by atoms with Crippen molar-refractivity contribution in [1.82, 2.24) is 0 Å². The molecule has 0 radical (unpaired) electrons. The fourth-order valence-electron chi connectivity index (χ4n) is 1.59. The first kappa shape index (κ1) is 14.7. The lowest BCUT2D eigenvalue weighted by Crippen LogP contribution is -2.41. The van der Waals surface area contributed by atoms with E-state index in [2.05, 4.69) is 9.47 Å². The Morgan fingerprint density at radius 3 is 2.11 bits per heavy atom. The number of carbonyl (C=O) groups is 2. The minimum absolute atomic E-state index is 0.165. The second kappa shape index (κ2) is 5.51. The number of halogens is 2. The molecule has 0 heterocycles. The third kappa shape index (κ3) is 3.30. The molecule has 8 heteroatoms. The summed E-state index contributed by atoms with van der Waals surface area (Å²) in [4.78, 5) is 21.8. The quantitative estimate of drug-likeness (QED) is 0.815. The number of hydrogen-bond donors (Lipinski definition) is 2. The lowest BCUT2D eigenvalue weighted by atomic mass is 10.0. The van der Waals surface area contributed by atoms with Crippen molar-refractivity contribution in [3.63, 3.8) is 0 Å². The van der Waals surface area contributed by atoms with Crippen LogP contribution in [0.2, 0.25) is 0 Å². The molecule has 0 saturated carbocycles. The Balaban J connectivity index is 3.35. The molecule has 6 nitrogen and oxygen atoms in total. The molecule has 0 bridgehead atoms. The summed E-state index contributed by atoms with van der Waals surface area (Å²) in [5.74, 6) is -4.04. The third-order valence-electron chi connectivity index (χ3n) is 2.34. The Labute approximate surface area is 107 Å². The van der Waals surface area contributed by atoms with Crippen molar-refractivity contribution in [1.29, 1.82) is 0 Å². The van der Waals surface area contributed by atoms with Gasteiger partial charge >= 0.3 is 12.2 Å². The molecule has 0 aromatic heterocycles. The van der Waals surface area contributed by atoms with E-state index in [1.165, 1.54) is 6.92 Å². The Bertz CT molecular complexity index is 491. The van der Waals surface area contributed by atoms with E-state index in [9.17, 15) is 18.4 Å². The maximum Gasteiger partial charge on any atom is 0.408 e. The molecule has 2 amide bonds. The van der Waals surface area contributed by atoms with Gasteiger partial charge in [0.2, 0.25) is 0 Å². The molecule has 0 aliphatic heterocycles. The summed E-state index contributed by atoms with van der Waals surface area (Å²) < 4.78 is 35.9. The number of primary amides is 2. The molecule has 1 rings (SSSR count). The number of benzene rings is 1. The largest absolute Gasteiger partial charge is 0.408 e. The van der Waals surface area contributed by atoms with E-state index >= 15 is 0 Å². The van der Waals surface area contributed by atoms with Crippen LogP contribution in [0.1, 0.15) is 18.9 Å². The van der Waals surface area contributed by atoms with E-state index in [-0.39, 0.29) is 12.0 Å². The predicted molar refractivity (Wildman–Crippen MR) is 59.7 cm³/mol. The topological polar surface area (TPSA) is 105 Å². The van der Waals surface area contributed by atoms with Gasteiger partial charge in [0.1, 0.15) is 11.6 Å². The SMILES string of the molecule is CCC(OC(N)=O)(OC(N)=O)c1ccc(F)cc1F. The summed E-state index contributed by atoms with van der Waals surface area (Å²) in [5, 5.41) is 0. The van der Waals surface area contributed by atoms with Crippen molar-refractivity contribution in [2.75, 3.05) is 0 Å². The zero-order valence-corrected chi connectivity index (χ0v) is 9.98. The van der Waals surface area contributed by atoms with E-state index < -0.39 is 29.6 Å². The highest BCUT2D eigenvalue weighted by molar-refractivity contribution is 5.68. The fourth-order valence-corrected chi connectivity index (χ4v) is 1.59. The predicted octanol–water partition coefficient (Wildman–Crippen LogP) is 1.72. The summed E-state index contributed by atoms with van der Waals surface area (Å²) in [7, 11) is 0. The number of rotatable bonds is 4. The number of hydrogen-bond acceptors (Lipinski definition) is 4. The molecule has 1 aromatic rings. The lowest BCUT2D eigenvalue weighted by Gasteiger charge is -2.30. The Morgan fingerprint density at radius 2 is 1.74 bits per heavy atom. The van der Waals surface area contributed by atoms with Crippen LogP contribution in [0.5, 0.6) is 0 Å². The van der Waals surface area contributed by atoms with Crippen molar-refractivity contribution < 1.29 is 27.8 Å². The van der Waals surface area contributed by atoms with Crippen LogP contribution >= 0.6 is 0 Å². The van der Waals surface area contributed by atoms with Crippen LogP contribution < -0.4 is 11.5 Å². The van der Waals surface area contributed by atoms with E-state index in [1.807, 2.05) is 0 Å². The van der Waals surface area contributed by atoms with Crippen molar-refractivity contribution >= 4 is 12.2 Å². The van der Waals surface area contributed by atoms with Crippen molar-refractivity contribution in [2.24, 2.45) is 11.5 Å². The zero-order chi connectivity index (χ0) is 14.6. The van der Waals surface area contributed by atoms with Gasteiger partial charge in [-0.05, 0) is 12.1 Å². The van der Waals surface area contributed by atoms with Crippen LogP contribution in [0.15, 0.2) is 18.2 Å². The maximum absolute atomic E-state index is 13.7. The molecule has 104 valence electrons. The number of nitrogens with two attached hydrogens (primary N) is 2. The van der Waals surface area contributed by atoms with Gasteiger partial charge in [0.25, 0.3) is 5.79 Å². The van der Waals surface area contributed by atoms with Crippen LogP contribution in [-0.2, 0) is 15.3 Å². The minimum atomic E-state index is -2.13. The highest BCUT2D eigenvalue weighted by Gasteiger charge is 2.40. The summed E-state index contributed by atoms with van der Waals surface area (Å²) in [6.45, 7) is 1.44. The molecule has 1 aromatic carbocycles. The molecule has 0 unspecified atom stereocenters. The molecular weight excluding hydrogens is 262 g/mol. The van der Waals surface area contributed by atoms with E-state index in [1.54, 1.807) is 0 Å². The molecule has 0 atom stereocenters. The van der Waals surface area contributed by atoms with Crippen LogP contribution in [0.25, 0.3) is 0 Å². The Hall–Kier alpha value is -2.38. The number of ether oxygens (including phenoxy) is 2. The van der Waals surface area contributed by atoms with Crippen LogP contribution in [0.3, 0.4) is 0 Å². The van der Waals surface area contributed by atoms with Crippen molar-refractivity contribution in [2.45, 2.75) is 19.1 Å². The molecule has 0 saturated heterocycles. The molecular formula is C11H12F2N2O4. The highest BCUT2D eigenvalue weighted by Crippen LogP contribution is 2.33. The van der Waals surface area contributed by atoms with Gasteiger partial charge in [0.15, 0.2) is 0 Å². The number of amides is 2.